The summed E-state index contributed by atoms with van der Waals surface area (Å²) in [6, 6.07) is 0.181. The molecule has 1 aliphatic rings. The molecule has 102 valence electrons. The van der Waals surface area contributed by atoms with Crippen LogP contribution in [0.15, 0.2) is 16.9 Å². The van der Waals surface area contributed by atoms with Crippen LogP contribution in [0.4, 0.5) is 0 Å². The molecule has 6 nitrogen and oxygen atoms in total. The predicted molar refractivity (Wildman–Crippen MR) is 70.3 cm³/mol. The van der Waals surface area contributed by atoms with Crippen LogP contribution < -0.4 is 5.32 Å². The van der Waals surface area contributed by atoms with Crippen LogP contribution in [0.2, 0.25) is 0 Å². The highest BCUT2D eigenvalue weighted by Crippen LogP contribution is 2.28. The molecule has 2 atom stereocenters. The highest BCUT2D eigenvalue weighted by molar-refractivity contribution is 5.42. The smallest absolute Gasteiger partial charge is 0.244 e. The van der Waals surface area contributed by atoms with Crippen LogP contribution >= 0.6 is 0 Å². The third-order valence-corrected chi connectivity index (χ3v) is 3.85. The first-order valence-corrected chi connectivity index (χ1v) is 6.82. The molecule has 2 aromatic rings. The molecule has 19 heavy (non-hydrogen) atoms. The Bertz CT molecular complexity index is 547. The molecule has 0 radical (unpaired) electrons. The van der Waals surface area contributed by atoms with Gasteiger partial charge in [0.15, 0.2) is 5.82 Å². The lowest BCUT2D eigenvalue weighted by atomic mass is 9.90. The third-order valence-electron chi connectivity index (χ3n) is 3.85. The summed E-state index contributed by atoms with van der Waals surface area (Å²) in [6.07, 6.45) is 7.11. The number of aryl methyl sites for hydroxylation is 1. The van der Waals surface area contributed by atoms with Gasteiger partial charge in [0.2, 0.25) is 11.7 Å². The van der Waals surface area contributed by atoms with Crippen molar-refractivity contribution in [2.75, 3.05) is 6.54 Å². The molecule has 2 unspecified atom stereocenters. The molecule has 1 N–H and O–H groups in total. The Kier molecular flexibility index (Phi) is 3.33. The first-order valence-electron chi connectivity index (χ1n) is 6.82. The fourth-order valence-corrected chi connectivity index (χ4v) is 2.60. The van der Waals surface area contributed by atoms with E-state index in [1.54, 1.807) is 6.20 Å². The Balaban J connectivity index is 1.79. The van der Waals surface area contributed by atoms with Crippen LogP contribution in [0.3, 0.4) is 0 Å². The third kappa shape index (κ3) is 2.40. The van der Waals surface area contributed by atoms with Crippen LogP contribution in [0.25, 0.3) is 11.6 Å². The number of hydrogen-bond donors (Lipinski definition) is 1. The molecule has 0 spiro atoms. The molecule has 0 aromatic carbocycles. The zero-order valence-electron chi connectivity index (χ0n) is 11.3. The summed E-state index contributed by atoms with van der Waals surface area (Å²) in [5.74, 6) is 2.71. The quantitative estimate of drug-likeness (QED) is 0.914. The second-order valence-electron chi connectivity index (χ2n) is 5.12. The summed E-state index contributed by atoms with van der Waals surface area (Å²) < 4.78 is 7.29. The van der Waals surface area contributed by atoms with E-state index in [-0.39, 0.29) is 6.04 Å². The Morgan fingerprint density at radius 3 is 3.16 bits per heavy atom. The van der Waals surface area contributed by atoms with Crippen LogP contribution in [-0.4, -0.2) is 26.2 Å². The lowest BCUT2D eigenvalue weighted by molar-refractivity contribution is 0.246. The highest BCUT2D eigenvalue weighted by atomic mass is 16.5. The van der Waals surface area contributed by atoms with E-state index in [1.165, 1.54) is 12.8 Å². The van der Waals surface area contributed by atoms with Crippen molar-refractivity contribution < 1.29 is 4.52 Å². The van der Waals surface area contributed by atoms with E-state index >= 15 is 0 Å². The van der Waals surface area contributed by atoms with Gasteiger partial charge in [-0.05, 0) is 25.3 Å². The second-order valence-corrected chi connectivity index (χ2v) is 5.12. The first kappa shape index (κ1) is 12.3. The summed E-state index contributed by atoms with van der Waals surface area (Å²) >= 11 is 0. The molecule has 0 bridgehead atoms. The fraction of sp³-hybridized carbons (Fsp3) is 0.615. The van der Waals surface area contributed by atoms with Crippen molar-refractivity contribution in [2.24, 2.45) is 13.0 Å². The average molecular weight is 261 g/mol. The minimum Gasteiger partial charge on any atom is -0.337 e. The SMILES string of the molecule is CCC1CCNC(c2nc(-c3nccn3C)no2)C1. The summed E-state index contributed by atoms with van der Waals surface area (Å²) in [7, 11) is 1.92. The minimum absolute atomic E-state index is 0.181. The van der Waals surface area contributed by atoms with Gasteiger partial charge < -0.3 is 14.4 Å². The van der Waals surface area contributed by atoms with Gasteiger partial charge in [-0.15, -0.1) is 0 Å². The van der Waals surface area contributed by atoms with E-state index in [1.807, 2.05) is 17.8 Å². The Hall–Kier alpha value is -1.69. The molecule has 3 rings (SSSR count). The second kappa shape index (κ2) is 5.13. The number of hydrogen-bond acceptors (Lipinski definition) is 5. The predicted octanol–water partition coefficient (Wildman–Crippen LogP) is 1.92. The molecule has 1 fully saturated rings. The molecule has 2 aromatic heterocycles. The Labute approximate surface area is 112 Å². The largest absolute Gasteiger partial charge is 0.337 e. The van der Waals surface area contributed by atoms with Crippen molar-refractivity contribution in [3.05, 3.63) is 18.3 Å². The number of imidazole rings is 1. The van der Waals surface area contributed by atoms with Crippen LogP contribution in [0.5, 0.6) is 0 Å². The topological polar surface area (TPSA) is 68.8 Å². The van der Waals surface area contributed by atoms with Crippen LogP contribution in [0.1, 0.15) is 38.1 Å². The van der Waals surface area contributed by atoms with Gasteiger partial charge in [-0.3, -0.25) is 0 Å². The zero-order chi connectivity index (χ0) is 13.2. The van der Waals surface area contributed by atoms with E-state index in [0.29, 0.717) is 11.7 Å². The molecular weight excluding hydrogens is 242 g/mol. The normalized spacial score (nSPS) is 23.7. The maximum atomic E-state index is 5.40. The van der Waals surface area contributed by atoms with Gasteiger partial charge in [-0.25, -0.2) is 4.98 Å². The van der Waals surface area contributed by atoms with Gasteiger partial charge in [-0.1, -0.05) is 18.5 Å². The molecule has 0 amide bonds. The minimum atomic E-state index is 0.181. The number of piperidine rings is 1. The van der Waals surface area contributed by atoms with Gasteiger partial charge in [0.05, 0.1) is 6.04 Å². The summed E-state index contributed by atoms with van der Waals surface area (Å²) in [6.45, 7) is 3.25. The molecular formula is C13H19N5O. The lowest BCUT2D eigenvalue weighted by Crippen LogP contribution is -2.31. The number of nitrogens with one attached hydrogen (secondary N) is 1. The van der Waals surface area contributed by atoms with E-state index < -0.39 is 0 Å². The Morgan fingerprint density at radius 1 is 1.53 bits per heavy atom. The maximum Gasteiger partial charge on any atom is 0.244 e. The van der Waals surface area contributed by atoms with E-state index in [4.69, 9.17) is 4.52 Å². The van der Waals surface area contributed by atoms with Gasteiger partial charge in [0, 0.05) is 19.4 Å². The molecule has 1 aliphatic heterocycles. The molecule has 3 heterocycles. The van der Waals surface area contributed by atoms with Gasteiger partial charge in [-0.2, -0.15) is 4.98 Å². The maximum absolute atomic E-state index is 5.40. The van der Waals surface area contributed by atoms with Crippen molar-refractivity contribution >= 4 is 0 Å². The molecule has 6 heteroatoms. The Morgan fingerprint density at radius 2 is 2.42 bits per heavy atom. The molecule has 0 aliphatic carbocycles. The number of rotatable bonds is 3. The zero-order valence-corrected chi connectivity index (χ0v) is 11.3. The standard InChI is InChI=1S/C13H19N5O/c1-3-9-4-5-14-10(8-9)13-16-11(17-19-13)12-15-6-7-18(12)2/h6-7,9-10,14H,3-5,8H2,1-2H3. The van der Waals surface area contributed by atoms with Gasteiger partial charge >= 0.3 is 0 Å². The fourth-order valence-electron chi connectivity index (χ4n) is 2.60. The summed E-state index contributed by atoms with van der Waals surface area (Å²) in [4.78, 5) is 8.72. The summed E-state index contributed by atoms with van der Waals surface area (Å²) in [5, 5.41) is 7.49. The molecule has 1 saturated heterocycles. The van der Waals surface area contributed by atoms with Crippen molar-refractivity contribution in [1.82, 2.24) is 25.0 Å². The van der Waals surface area contributed by atoms with Crippen LogP contribution in [-0.2, 0) is 7.05 Å². The highest BCUT2D eigenvalue weighted by Gasteiger charge is 2.26. The lowest BCUT2D eigenvalue weighted by Gasteiger charge is -2.27. The van der Waals surface area contributed by atoms with Crippen molar-refractivity contribution in [3.8, 4) is 11.6 Å². The molecule has 0 saturated carbocycles. The number of nitrogens with zero attached hydrogens (tertiary/aromatic N) is 4. The van der Waals surface area contributed by atoms with Crippen molar-refractivity contribution in [3.63, 3.8) is 0 Å². The average Bonchev–Trinajstić information content (AvgIpc) is 3.07. The van der Waals surface area contributed by atoms with E-state index in [2.05, 4.69) is 27.4 Å². The monoisotopic (exact) mass is 261 g/mol. The first-order chi connectivity index (χ1) is 9.28. The van der Waals surface area contributed by atoms with E-state index in [9.17, 15) is 0 Å². The number of aromatic nitrogens is 4. The van der Waals surface area contributed by atoms with Crippen LogP contribution in [0, 0.1) is 5.92 Å². The summed E-state index contributed by atoms with van der Waals surface area (Å²) in [5.41, 5.74) is 0. The van der Waals surface area contributed by atoms with Gasteiger partial charge in [0.1, 0.15) is 0 Å². The van der Waals surface area contributed by atoms with Crippen molar-refractivity contribution in [2.45, 2.75) is 32.2 Å². The van der Waals surface area contributed by atoms with Crippen molar-refractivity contribution in [1.29, 1.82) is 0 Å². The van der Waals surface area contributed by atoms with Gasteiger partial charge in [0.25, 0.3) is 0 Å². The van der Waals surface area contributed by atoms with E-state index in [0.717, 1.165) is 24.7 Å².